The molecular weight excluding hydrogens is 298 g/mol. The van der Waals surface area contributed by atoms with Crippen molar-refractivity contribution in [2.24, 2.45) is 23.7 Å². The molecular formula is C17H16NO5-. The lowest BCUT2D eigenvalue weighted by molar-refractivity contribution is -0.313. The van der Waals surface area contributed by atoms with E-state index in [0.717, 1.165) is 0 Å². The van der Waals surface area contributed by atoms with Gasteiger partial charge in [-0.05, 0) is 42.5 Å². The van der Waals surface area contributed by atoms with E-state index in [4.69, 9.17) is 0 Å². The molecule has 2 aliphatic carbocycles. The number of hydrogen-bond donors (Lipinski definition) is 1. The summed E-state index contributed by atoms with van der Waals surface area (Å²) in [6.45, 7) is 0. The van der Waals surface area contributed by atoms with Crippen molar-refractivity contribution in [1.82, 2.24) is 0 Å². The molecule has 1 aromatic carbocycles. The summed E-state index contributed by atoms with van der Waals surface area (Å²) in [6.07, 6.45) is 4.45. The molecule has 1 amide bonds. The lowest BCUT2D eigenvalue weighted by atomic mass is 9.82. The van der Waals surface area contributed by atoms with Gasteiger partial charge >= 0.3 is 5.97 Å². The van der Waals surface area contributed by atoms with Crippen molar-refractivity contribution in [2.45, 2.75) is 6.42 Å². The van der Waals surface area contributed by atoms with Crippen LogP contribution in [-0.2, 0) is 14.3 Å². The van der Waals surface area contributed by atoms with Gasteiger partial charge in [-0.2, -0.15) is 0 Å². The molecule has 1 fully saturated rings. The van der Waals surface area contributed by atoms with Crippen LogP contribution in [0.25, 0.3) is 0 Å². The van der Waals surface area contributed by atoms with Gasteiger partial charge in [0.15, 0.2) is 0 Å². The molecule has 0 saturated heterocycles. The average Bonchev–Trinajstić information content (AvgIpc) is 3.15. The van der Waals surface area contributed by atoms with Crippen LogP contribution in [0.3, 0.4) is 0 Å². The highest BCUT2D eigenvalue weighted by Gasteiger charge is 2.48. The lowest BCUT2D eigenvalue weighted by Crippen LogP contribution is -2.42. The van der Waals surface area contributed by atoms with Crippen LogP contribution < -0.4 is 10.4 Å². The van der Waals surface area contributed by atoms with Crippen LogP contribution >= 0.6 is 0 Å². The minimum atomic E-state index is -1.18. The van der Waals surface area contributed by atoms with Crippen molar-refractivity contribution < 1.29 is 24.2 Å². The molecule has 1 saturated carbocycles. The molecule has 2 aliphatic rings. The van der Waals surface area contributed by atoms with E-state index < -0.39 is 23.8 Å². The summed E-state index contributed by atoms with van der Waals surface area (Å²) in [5.41, 5.74) is 0.882. The number of anilines is 1. The maximum Gasteiger partial charge on any atom is 0.337 e. The first kappa shape index (κ1) is 15.3. The largest absolute Gasteiger partial charge is 0.550 e. The van der Waals surface area contributed by atoms with Gasteiger partial charge in [0.05, 0.1) is 18.6 Å². The fourth-order valence-corrected chi connectivity index (χ4v) is 3.53. The number of ether oxygens (including phenoxy) is 1. The molecule has 6 nitrogen and oxygen atoms in total. The minimum absolute atomic E-state index is 0.0581. The first-order valence-electron chi connectivity index (χ1n) is 7.39. The second kappa shape index (κ2) is 5.87. The summed E-state index contributed by atoms with van der Waals surface area (Å²) in [5.74, 6) is -3.54. The Hall–Kier alpha value is -2.63. The molecule has 0 aliphatic heterocycles. The normalized spacial score (nSPS) is 27.7. The average molecular weight is 314 g/mol. The topological polar surface area (TPSA) is 95.5 Å². The van der Waals surface area contributed by atoms with Gasteiger partial charge in [-0.15, -0.1) is 0 Å². The van der Waals surface area contributed by atoms with Crippen LogP contribution in [0.2, 0.25) is 0 Å². The zero-order valence-electron chi connectivity index (χ0n) is 12.5. The molecule has 0 heterocycles. The van der Waals surface area contributed by atoms with Gasteiger partial charge in [0.2, 0.25) is 5.91 Å². The van der Waals surface area contributed by atoms with Crippen LogP contribution in [-0.4, -0.2) is 25.0 Å². The number of carbonyl (C=O) groups excluding carboxylic acids is 3. The Morgan fingerprint density at radius 3 is 2.26 bits per heavy atom. The lowest BCUT2D eigenvalue weighted by Gasteiger charge is -2.27. The third kappa shape index (κ3) is 2.72. The maximum atomic E-state index is 12.5. The number of amides is 1. The second-order valence-electron chi connectivity index (χ2n) is 5.88. The Kier molecular flexibility index (Phi) is 3.90. The maximum absolute atomic E-state index is 12.5. The van der Waals surface area contributed by atoms with Crippen LogP contribution in [0.5, 0.6) is 0 Å². The van der Waals surface area contributed by atoms with Gasteiger partial charge in [0, 0.05) is 17.6 Å². The third-order valence-electron chi connectivity index (χ3n) is 4.61. The summed E-state index contributed by atoms with van der Waals surface area (Å²) in [6, 6.07) is 6.25. The third-order valence-corrected chi connectivity index (χ3v) is 4.61. The van der Waals surface area contributed by atoms with Crippen molar-refractivity contribution in [3.63, 3.8) is 0 Å². The van der Waals surface area contributed by atoms with E-state index in [9.17, 15) is 19.5 Å². The number of rotatable bonds is 4. The van der Waals surface area contributed by atoms with Crippen molar-refractivity contribution in [2.75, 3.05) is 12.4 Å². The van der Waals surface area contributed by atoms with Crippen LogP contribution in [0.4, 0.5) is 5.69 Å². The molecule has 6 heteroatoms. The molecule has 3 rings (SSSR count). The summed E-state index contributed by atoms with van der Waals surface area (Å²) in [4.78, 5) is 35.2. The number of carbonyl (C=O) groups is 3. The number of fused-ring (bicyclic) bond motifs is 2. The van der Waals surface area contributed by atoms with E-state index in [-0.39, 0.29) is 17.7 Å². The summed E-state index contributed by atoms with van der Waals surface area (Å²) < 4.78 is 4.61. The first-order chi connectivity index (χ1) is 11.0. The number of hydrogen-bond acceptors (Lipinski definition) is 5. The highest BCUT2D eigenvalue weighted by atomic mass is 16.5. The number of carboxylic acids is 1. The molecule has 4 atom stereocenters. The number of aliphatic carboxylic acids is 1. The Bertz CT molecular complexity index is 679. The van der Waals surface area contributed by atoms with Gasteiger partial charge in [0.25, 0.3) is 0 Å². The summed E-state index contributed by atoms with van der Waals surface area (Å²) in [7, 11) is 1.29. The summed E-state index contributed by atoms with van der Waals surface area (Å²) in [5, 5.41) is 14.1. The van der Waals surface area contributed by atoms with Gasteiger partial charge < -0.3 is 20.0 Å². The zero-order chi connectivity index (χ0) is 16.6. The van der Waals surface area contributed by atoms with Gasteiger partial charge in [-0.25, -0.2) is 4.79 Å². The molecule has 0 radical (unpaired) electrons. The van der Waals surface area contributed by atoms with E-state index in [0.29, 0.717) is 17.7 Å². The monoisotopic (exact) mass is 314 g/mol. The van der Waals surface area contributed by atoms with Gasteiger partial charge in [0.1, 0.15) is 0 Å². The zero-order valence-corrected chi connectivity index (χ0v) is 12.5. The Balaban J connectivity index is 1.73. The van der Waals surface area contributed by atoms with Crippen molar-refractivity contribution in [1.29, 1.82) is 0 Å². The van der Waals surface area contributed by atoms with Gasteiger partial charge in [-0.1, -0.05) is 12.2 Å². The predicted octanol–water partition coefficient (Wildman–Crippen LogP) is 0.600. The van der Waals surface area contributed by atoms with Crippen LogP contribution in [0, 0.1) is 23.7 Å². The summed E-state index contributed by atoms with van der Waals surface area (Å²) >= 11 is 0. The molecule has 2 bridgehead atoms. The Morgan fingerprint density at radius 2 is 1.70 bits per heavy atom. The number of carboxylic acid groups (broad SMARTS) is 1. The standard InChI is InChI=1S/C17H17NO5/c1-23-17(22)9-4-6-12(7-5-9)18-15(19)13-10-2-3-11(8-10)14(13)16(20)21/h2-7,10-11,13-14H,8H2,1H3,(H,18,19)(H,20,21)/p-1/t10-,11-,13+,14-/m0/s1. The van der Waals surface area contributed by atoms with Crippen LogP contribution in [0.15, 0.2) is 36.4 Å². The van der Waals surface area contributed by atoms with E-state index in [1.54, 1.807) is 24.3 Å². The molecule has 1 N–H and O–H groups in total. The van der Waals surface area contributed by atoms with E-state index in [1.807, 2.05) is 12.2 Å². The number of esters is 1. The van der Waals surface area contributed by atoms with E-state index in [2.05, 4.69) is 10.1 Å². The van der Waals surface area contributed by atoms with E-state index >= 15 is 0 Å². The number of allylic oxidation sites excluding steroid dienone is 2. The number of nitrogens with one attached hydrogen (secondary N) is 1. The molecule has 0 unspecified atom stereocenters. The first-order valence-corrected chi connectivity index (χ1v) is 7.39. The number of methoxy groups -OCH3 is 1. The minimum Gasteiger partial charge on any atom is -0.550 e. The van der Waals surface area contributed by atoms with Crippen molar-refractivity contribution in [3.05, 3.63) is 42.0 Å². The predicted molar refractivity (Wildman–Crippen MR) is 79.1 cm³/mol. The van der Waals surface area contributed by atoms with Crippen LogP contribution in [0.1, 0.15) is 16.8 Å². The second-order valence-corrected chi connectivity index (χ2v) is 5.88. The van der Waals surface area contributed by atoms with Crippen molar-refractivity contribution in [3.8, 4) is 0 Å². The molecule has 120 valence electrons. The quantitative estimate of drug-likeness (QED) is 0.648. The molecule has 0 spiro atoms. The highest BCUT2D eigenvalue weighted by molar-refractivity contribution is 5.97. The van der Waals surface area contributed by atoms with E-state index in [1.165, 1.54) is 7.11 Å². The fourth-order valence-electron chi connectivity index (χ4n) is 3.53. The molecule has 1 aromatic rings. The molecule has 0 aromatic heterocycles. The number of benzene rings is 1. The smallest absolute Gasteiger partial charge is 0.337 e. The van der Waals surface area contributed by atoms with Crippen molar-refractivity contribution >= 4 is 23.5 Å². The molecule has 23 heavy (non-hydrogen) atoms. The highest BCUT2D eigenvalue weighted by Crippen LogP contribution is 2.48. The van der Waals surface area contributed by atoms with Gasteiger partial charge in [-0.3, -0.25) is 4.79 Å². The Morgan fingerprint density at radius 1 is 1.09 bits per heavy atom. The fraction of sp³-hybridized carbons (Fsp3) is 0.353. The Labute approximate surface area is 133 Å². The SMILES string of the molecule is COC(=O)c1ccc(NC(=O)[C@H]2[C@@H](C(=O)[O-])[C@H]3C=C[C@H]2C3)cc1.